The van der Waals surface area contributed by atoms with Crippen LogP contribution in [0.2, 0.25) is 0 Å². The zero-order valence-electron chi connectivity index (χ0n) is 9.41. The van der Waals surface area contributed by atoms with Gasteiger partial charge in [-0.25, -0.2) is 4.39 Å². The highest BCUT2D eigenvalue weighted by molar-refractivity contribution is 7.85. The quantitative estimate of drug-likeness (QED) is 0.785. The van der Waals surface area contributed by atoms with E-state index in [1.807, 2.05) is 13.0 Å². The molecular weight excluding hydrogens is 225 g/mol. The molecule has 0 radical (unpaired) electrons. The largest absolute Gasteiger partial charge is 0.297 e. The second-order valence-electron chi connectivity index (χ2n) is 4.20. The summed E-state index contributed by atoms with van der Waals surface area (Å²) in [5, 5.41) is 0. The van der Waals surface area contributed by atoms with Crippen LogP contribution < -0.4 is 0 Å². The summed E-state index contributed by atoms with van der Waals surface area (Å²) >= 11 is 0. The first-order chi connectivity index (χ1) is 7.65. The topological polar surface area (TPSA) is 20.3 Å². The molecule has 2 rings (SSSR count). The van der Waals surface area contributed by atoms with Crippen molar-refractivity contribution in [3.63, 3.8) is 0 Å². The van der Waals surface area contributed by atoms with Crippen LogP contribution in [0.15, 0.2) is 18.2 Å². The summed E-state index contributed by atoms with van der Waals surface area (Å²) in [5.74, 6) is 1.31. The monoisotopic (exact) mass is 241 g/mol. The minimum absolute atomic E-state index is 0.179. The standard InChI is InChI=1S/C12H16FNOS/c1-10-2-3-12(13)8-11(10)9-14-4-6-16(15)7-5-14/h2-3,8H,4-7,9H2,1H3. The van der Waals surface area contributed by atoms with E-state index >= 15 is 0 Å². The molecule has 0 N–H and O–H groups in total. The van der Waals surface area contributed by atoms with E-state index in [0.717, 1.165) is 42.3 Å². The molecule has 0 atom stereocenters. The summed E-state index contributed by atoms with van der Waals surface area (Å²) in [6.45, 7) is 4.46. The first kappa shape index (κ1) is 11.7. The summed E-state index contributed by atoms with van der Waals surface area (Å²) in [5.41, 5.74) is 2.15. The average Bonchev–Trinajstić information content (AvgIpc) is 2.27. The van der Waals surface area contributed by atoms with Crippen LogP contribution >= 0.6 is 0 Å². The molecule has 1 aliphatic heterocycles. The highest BCUT2D eigenvalue weighted by atomic mass is 32.2. The molecule has 0 aliphatic carbocycles. The third-order valence-corrected chi connectivity index (χ3v) is 4.25. The molecule has 0 amide bonds. The lowest BCUT2D eigenvalue weighted by Crippen LogP contribution is -2.37. The van der Waals surface area contributed by atoms with Gasteiger partial charge in [0.15, 0.2) is 0 Å². The average molecular weight is 241 g/mol. The van der Waals surface area contributed by atoms with Gasteiger partial charge in [0, 0.05) is 41.9 Å². The van der Waals surface area contributed by atoms with Crippen molar-refractivity contribution in [2.75, 3.05) is 24.6 Å². The second kappa shape index (κ2) is 5.06. The molecular formula is C12H16FNOS. The number of hydrogen-bond donors (Lipinski definition) is 0. The van der Waals surface area contributed by atoms with Crippen molar-refractivity contribution < 1.29 is 8.60 Å². The molecule has 1 aromatic rings. The lowest BCUT2D eigenvalue weighted by atomic mass is 10.1. The summed E-state index contributed by atoms with van der Waals surface area (Å²) in [6.07, 6.45) is 0. The summed E-state index contributed by atoms with van der Waals surface area (Å²) < 4.78 is 24.3. The summed E-state index contributed by atoms with van der Waals surface area (Å²) in [4.78, 5) is 2.24. The van der Waals surface area contributed by atoms with Gasteiger partial charge < -0.3 is 0 Å². The smallest absolute Gasteiger partial charge is 0.123 e. The van der Waals surface area contributed by atoms with Gasteiger partial charge in [-0.2, -0.15) is 0 Å². The lowest BCUT2D eigenvalue weighted by molar-refractivity contribution is 0.290. The van der Waals surface area contributed by atoms with Gasteiger partial charge in [0.2, 0.25) is 0 Å². The predicted molar refractivity (Wildman–Crippen MR) is 64.3 cm³/mol. The van der Waals surface area contributed by atoms with Gasteiger partial charge in [-0.3, -0.25) is 9.11 Å². The fourth-order valence-corrected chi connectivity index (χ4v) is 3.01. The fourth-order valence-electron chi connectivity index (χ4n) is 1.89. The van der Waals surface area contributed by atoms with Crippen LogP contribution in [0.5, 0.6) is 0 Å². The van der Waals surface area contributed by atoms with Crippen LogP contribution in [-0.2, 0) is 17.3 Å². The van der Waals surface area contributed by atoms with Crippen LogP contribution in [0.25, 0.3) is 0 Å². The Balaban J connectivity index is 2.03. The Kier molecular flexibility index (Phi) is 3.71. The number of halogens is 1. The normalized spacial score (nSPS) is 18.9. The zero-order chi connectivity index (χ0) is 11.5. The molecule has 0 spiro atoms. The van der Waals surface area contributed by atoms with E-state index in [4.69, 9.17) is 0 Å². The molecule has 2 nitrogen and oxygen atoms in total. The van der Waals surface area contributed by atoms with Crippen LogP contribution in [0.4, 0.5) is 4.39 Å². The maximum absolute atomic E-state index is 13.1. The number of rotatable bonds is 2. The Morgan fingerprint density at radius 2 is 2.06 bits per heavy atom. The molecule has 0 unspecified atom stereocenters. The van der Waals surface area contributed by atoms with E-state index in [1.165, 1.54) is 6.07 Å². The zero-order valence-corrected chi connectivity index (χ0v) is 10.2. The van der Waals surface area contributed by atoms with Crippen molar-refractivity contribution in [1.29, 1.82) is 0 Å². The molecule has 1 heterocycles. The minimum Gasteiger partial charge on any atom is -0.297 e. The summed E-state index contributed by atoms with van der Waals surface area (Å²) in [7, 11) is -0.644. The lowest BCUT2D eigenvalue weighted by Gasteiger charge is -2.26. The van der Waals surface area contributed by atoms with Crippen LogP contribution in [0.1, 0.15) is 11.1 Å². The Labute approximate surface area is 97.9 Å². The van der Waals surface area contributed by atoms with Gasteiger partial charge in [0.25, 0.3) is 0 Å². The van der Waals surface area contributed by atoms with E-state index in [-0.39, 0.29) is 5.82 Å². The minimum atomic E-state index is -0.644. The van der Waals surface area contributed by atoms with Gasteiger partial charge >= 0.3 is 0 Å². The number of aryl methyl sites for hydroxylation is 1. The molecule has 16 heavy (non-hydrogen) atoms. The van der Waals surface area contributed by atoms with Crippen LogP contribution in [0.3, 0.4) is 0 Å². The molecule has 1 saturated heterocycles. The van der Waals surface area contributed by atoms with Crippen molar-refractivity contribution in [3.8, 4) is 0 Å². The van der Waals surface area contributed by atoms with E-state index in [9.17, 15) is 8.60 Å². The Hall–Kier alpha value is -0.740. The van der Waals surface area contributed by atoms with Crippen molar-refractivity contribution in [2.45, 2.75) is 13.5 Å². The van der Waals surface area contributed by atoms with Crippen LogP contribution in [0, 0.1) is 12.7 Å². The maximum Gasteiger partial charge on any atom is 0.123 e. The van der Waals surface area contributed by atoms with Gasteiger partial charge in [-0.1, -0.05) is 6.07 Å². The van der Waals surface area contributed by atoms with Crippen molar-refractivity contribution >= 4 is 10.8 Å². The second-order valence-corrected chi connectivity index (χ2v) is 5.89. The number of benzene rings is 1. The molecule has 1 aliphatic rings. The van der Waals surface area contributed by atoms with E-state index in [1.54, 1.807) is 6.07 Å². The Morgan fingerprint density at radius 3 is 2.75 bits per heavy atom. The summed E-state index contributed by atoms with van der Waals surface area (Å²) in [6, 6.07) is 4.90. The molecule has 0 saturated carbocycles. The number of hydrogen-bond acceptors (Lipinski definition) is 2. The van der Waals surface area contributed by atoms with Crippen LogP contribution in [-0.4, -0.2) is 33.7 Å². The van der Waals surface area contributed by atoms with Gasteiger partial charge in [0.1, 0.15) is 5.82 Å². The van der Waals surface area contributed by atoms with Gasteiger partial charge in [-0.15, -0.1) is 0 Å². The molecule has 88 valence electrons. The highest BCUT2D eigenvalue weighted by Crippen LogP contribution is 2.14. The molecule has 1 aromatic carbocycles. The number of nitrogens with zero attached hydrogens (tertiary/aromatic N) is 1. The Bertz CT molecular complexity index is 398. The van der Waals surface area contributed by atoms with Crippen molar-refractivity contribution in [2.24, 2.45) is 0 Å². The predicted octanol–water partition coefficient (Wildman–Crippen LogP) is 1.70. The SMILES string of the molecule is Cc1ccc(F)cc1CN1CCS(=O)CC1. The third kappa shape index (κ3) is 2.89. The molecule has 4 heteroatoms. The van der Waals surface area contributed by atoms with E-state index < -0.39 is 10.8 Å². The third-order valence-electron chi connectivity index (χ3n) is 2.98. The molecule has 0 aromatic heterocycles. The first-order valence-corrected chi connectivity index (χ1v) is 6.96. The fraction of sp³-hybridized carbons (Fsp3) is 0.500. The van der Waals surface area contributed by atoms with E-state index in [2.05, 4.69) is 4.90 Å². The van der Waals surface area contributed by atoms with Gasteiger partial charge in [-0.05, 0) is 30.2 Å². The van der Waals surface area contributed by atoms with Crippen molar-refractivity contribution in [3.05, 3.63) is 35.1 Å². The first-order valence-electron chi connectivity index (χ1n) is 5.47. The molecule has 0 bridgehead atoms. The van der Waals surface area contributed by atoms with E-state index in [0.29, 0.717) is 0 Å². The van der Waals surface area contributed by atoms with Crippen molar-refractivity contribution in [1.82, 2.24) is 4.90 Å². The maximum atomic E-state index is 13.1. The van der Waals surface area contributed by atoms with Gasteiger partial charge in [0.05, 0.1) is 0 Å². The highest BCUT2D eigenvalue weighted by Gasteiger charge is 2.15. The molecule has 1 fully saturated rings. The Morgan fingerprint density at radius 1 is 1.38 bits per heavy atom.